The van der Waals surface area contributed by atoms with Crippen molar-refractivity contribution >= 4 is 62.1 Å². The van der Waals surface area contributed by atoms with Gasteiger partial charge in [0.05, 0.1) is 28.6 Å². The first kappa shape index (κ1) is 30.3. The van der Waals surface area contributed by atoms with Gasteiger partial charge in [0.15, 0.2) is 5.84 Å². The molecule has 8 aromatic rings. The summed E-state index contributed by atoms with van der Waals surface area (Å²) in [5.41, 5.74) is 8.83. The van der Waals surface area contributed by atoms with Gasteiger partial charge in [0.2, 0.25) is 5.96 Å². The van der Waals surface area contributed by atoms with Crippen LogP contribution in [0, 0.1) is 0 Å². The van der Waals surface area contributed by atoms with Gasteiger partial charge in [0.25, 0.3) is 0 Å². The van der Waals surface area contributed by atoms with Gasteiger partial charge in [-0.25, -0.2) is 9.98 Å². The van der Waals surface area contributed by atoms with Crippen LogP contribution in [0.4, 0.5) is 0 Å². The van der Waals surface area contributed by atoms with Crippen LogP contribution < -0.4 is 0 Å². The highest BCUT2D eigenvalue weighted by Crippen LogP contribution is 2.39. The van der Waals surface area contributed by atoms with Crippen LogP contribution in [0.1, 0.15) is 37.5 Å². The molecular weight excluding hydrogens is 599 g/mol. The molecule has 238 valence electrons. The van der Waals surface area contributed by atoms with Crippen molar-refractivity contribution in [1.29, 1.82) is 0 Å². The van der Waals surface area contributed by atoms with Crippen molar-refractivity contribution in [3.8, 4) is 5.69 Å². The molecule has 0 saturated carbocycles. The normalized spacial score (nSPS) is 12.8. The van der Waals surface area contributed by atoms with Crippen LogP contribution in [0.15, 0.2) is 161 Å². The molecule has 8 rings (SSSR count). The zero-order valence-electron chi connectivity index (χ0n) is 28.0. The van der Waals surface area contributed by atoms with Crippen molar-refractivity contribution in [2.75, 3.05) is 0 Å². The molecule has 0 saturated heterocycles. The molecule has 49 heavy (non-hydrogen) atoms. The van der Waals surface area contributed by atoms with Crippen molar-refractivity contribution in [3.05, 3.63) is 162 Å². The van der Waals surface area contributed by atoms with Crippen molar-refractivity contribution in [2.24, 2.45) is 15.0 Å². The predicted molar refractivity (Wildman–Crippen MR) is 208 cm³/mol. The molecule has 5 heteroatoms. The lowest BCUT2D eigenvalue weighted by Crippen LogP contribution is -2.13. The quantitative estimate of drug-likeness (QED) is 0.136. The molecule has 0 aliphatic carbocycles. The van der Waals surface area contributed by atoms with Crippen LogP contribution in [-0.2, 0) is 12.0 Å². The number of amidine groups is 1. The van der Waals surface area contributed by atoms with Crippen molar-refractivity contribution < 1.29 is 0 Å². The standard InChI is InChI=1S/C44H37N5/c1-44(2,3)32-23-25-33(26-24-32)48-38-21-13-11-19-34(38)36-27-37-35-20-12-14-22-39(35)49(41(37)28-40(36)48)43(46-29-30-15-7-5-8-16-30)47-42(45-4)31-17-9-6-10-18-31/h5-28H,4,29H2,1-3H3/b46-43?,47-42-. The molecule has 2 heterocycles. The van der Waals surface area contributed by atoms with Crippen molar-refractivity contribution in [3.63, 3.8) is 0 Å². The van der Waals surface area contributed by atoms with E-state index < -0.39 is 0 Å². The van der Waals surface area contributed by atoms with Gasteiger partial charge in [-0.1, -0.05) is 130 Å². The zero-order chi connectivity index (χ0) is 33.5. The molecule has 0 N–H and O–H groups in total. The monoisotopic (exact) mass is 635 g/mol. The first-order chi connectivity index (χ1) is 23.9. The lowest BCUT2D eigenvalue weighted by atomic mass is 9.87. The first-order valence-corrected chi connectivity index (χ1v) is 16.7. The Morgan fingerprint density at radius 1 is 0.592 bits per heavy atom. The molecule has 0 spiro atoms. The van der Waals surface area contributed by atoms with E-state index >= 15 is 0 Å². The fraction of sp³-hybridized carbons (Fsp3) is 0.114. The van der Waals surface area contributed by atoms with Crippen LogP contribution in [0.25, 0.3) is 49.3 Å². The summed E-state index contributed by atoms with van der Waals surface area (Å²) in [5.74, 6) is 1.07. The van der Waals surface area contributed by atoms with E-state index in [4.69, 9.17) is 9.98 Å². The van der Waals surface area contributed by atoms with E-state index in [1.807, 2.05) is 48.5 Å². The Hall–Kier alpha value is -6.07. The molecule has 0 atom stereocenters. The maximum atomic E-state index is 5.18. The number of hydrogen-bond acceptors (Lipinski definition) is 1. The molecule has 0 bridgehead atoms. The van der Waals surface area contributed by atoms with E-state index in [0.29, 0.717) is 18.3 Å². The summed E-state index contributed by atoms with van der Waals surface area (Å²) < 4.78 is 4.56. The summed E-state index contributed by atoms with van der Waals surface area (Å²) in [6, 6.07) is 51.1. The molecule has 5 nitrogen and oxygen atoms in total. The van der Waals surface area contributed by atoms with Gasteiger partial charge >= 0.3 is 0 Å². The highest BCUT2D eigenvalue weighted by atomic mass is 15.2. The lowest BCUT2D eigenvalue weighted by Gasteiger charge is -2.19. The maximum absolute atomic E-state index is 5.18. The van der Waals surface area contributed by atoms with Gasteiger partial charge in [-0.3, -0.25) is 4.57 Å². The highest BCUT2D eigenvalue weighted by molar-refractivity contribution is 6.22. The van der Waals surface area contributed by atoms with Crippen LogP contribution in [0.3, 0.4) is 0 Å². The van der Waals surface area contributed by atoms with E-state index in [1.165, 1.54) is 21.9 Å². The Morgan fingerprint density at radius 2 is 1.18 bits per heavy atom. The second-order valence-electron chi connectivity index (χ2n) is 13.4. The van der Waals surface area contributed by atoms with Crippen LogP contribution in [0.5, 0.6) is 0 Å². The van der Waals surface area contributed by atoms with Crippen molar-refractivity contribution in [1.82, 2.24) is 9.13 Å². The van der Waals surface area contributed by atoms with Crippen LogP contribution >= 0.6 is 0 Å². The fourth-order valence-electron chi connectivity index (χ4n) is 6.81. The lowest BCUT2D eigenvalue weighted by molar-refractivity contribution is 0.590. The Balaban J connectivity index is 1.44. The third-order valence-electron chi connectivity index (χ3n) is 9.29. The largest absolute Gasteiger partial charge is 0.309 e. The minimum atomic E-state index is 0.0708. The van der Waals surface area contributed by atoms with Crippen LogP contribution in [-0.4, -0.2) is 27.6 Å². The molecule has 0 aliphatic rings. The third kappa shape index (κ3) is 5.43. The Kier molecular flexibility index (Phi) is 7.53. The number of fused-ring (bicyclic) bond motifs is 6. The average Bonchev–Trinajstić information content (AvgIpc) is 3.63. The first-order valence-electron chi connectivity index (χ1n) is 16.7. The van der Waals surface area contributed by atoms with E-state index in [2.05, 4.69) is 139 Å². The van der Waals surface area contributed by atoms with Gasteiger partial charge in [0, 0.05) is 32.8 Å². The topological polar surface area (TPSA) is 46.9 Å². The molecule has 0 aliphatic heterocycles. The number of nitrogens with zero attached hydrogens (tertiary/aromatic N) is 5. The zero-order valence-corrected chi connectivity index (χ0v) is 28.0. The SMILES string of the molecule is C=N/C(=N\C(=NCc1ccccc1)n1c2ccccc2c2cc3c4ccccc4n(-c4ccc(C(C)(C)C)cc4)c3cc21)c1ccccc1. The van der Waals surface area contributed by atoms with Crippen molar-refractivity contribution in [2.45, 2.75) is 32.7 Å². The molecular formula is C44H37N5. The number of aromatic nitrogens is 2. The molecule has 0 amide bonds. The number of hydrogen-bond donors (Lipinski definition) is 0. The molecule has 0 fully saturated rings. The molecule has 6 aromatic carbocycles. The number of aliphatic imine (C=N–C) groups is 3. The van der Waals surface area contributed by atoms with Gasteiger partial charge in [-0.05, 0) is 59.7 Å². The molecule has 0 unspecified atom stereocenters. The minimum absolute atomic E-state index is 0.0708. The summed E-state index contributed by atoms with van der Waals surface area (Å²) in [7, 11) is 0. The van der Waals surface area contributed by atoms with E-state index in [1.54, 1.807) is 0 Å². The third-order valence-corrected chi connectivity index (χ3v) is 9.29. The molecule has 2 aromatic heterocycles. The number of benzene rings is 6. The fourth-order valence-corrected chi connectivity index (χ4v) is 6.81. The summed E-state index contributed by atoms with van der Waals surface area (Å²) in [6.07, 6.45) is 0. The Labute approximate surface area is 286 Å². The van der Waals surface area contributed by atoms with E-state index in [9.17, 15) is 0 Å². The summed E-state index contributed by atoms with van der Waals surface area (Å²) in [4.78, 5) is 14.7. The summed E-state index contributed by atoms with van der Waals surface area (Å²) in [5, 5.41) is 4.70. The average molecular weight is 636 g/mol. The summed E-state index contributed by atoms with van der Waals surface area (Å²) >= 11 is 0. The van der Waals surface area contributed by atoms with Crippen LogP contribution in [0.2, 0.25) is 0 Å². The van der Waals surface area contributed by atoms with E-state index in [0.717, 1.165) is 44.1 Å². The Morgan fingerprint density at radius 3 is 1.86 bits per heavy atom. The van der Waals surface area contributed by atoms with E-state index in [-0.39, 0.29) is 5.41 Å². The number of rotatable bonds is 4. The summed E-state index contributed by atoms with van der Waals surface area (Å²) in [6.45, 7) is 11.1. The second kappa shape index (κ2) is 12.2. The highest BCUT2D eigenvalue weighted by Gasteiger charge is 2.21. The molecule has 0 radical (unpaired) electrons. The van der Waals surface area contributed by atoms with Gasteiger partial charge in [0.1, 0.15) is 0 Å². The second-order valence-corrected chi connectivity index (χ2v) is 13.4. The maximum Gasteiger partial charge on any atom is 0.232 e. The predicted octanol–water partition coefficient (Wildman–Crippen LogP) is 10.7. The van der Waals surface area contributed by atoms with Gasteiger partial charge < -0.3 is 4.57 Å². The minimum Gasteiger partial charge on any atom is -0.309 e. The smallest absolute Gasteiger partial charge is 0.232 e. The number of para-hydroxylation sites is 2. The van der Waals surface area contributed by atoms with Gasteiger partial charge in [-0.2, -0.15) is 4.99 Å². The van der Waals surface area contributed by atoms with Gasteiger partial charge in [-0.15, -0.1) is 0 Å². The Bertz CT molecular complexity index is 2540.